The van der Waals surface area contributed by atoms with Gasteiger partial charge in [0.2, 0.25) is 0 Å². The summed E-state index contributed by atoms with van der Waals surface area (Å²) in [5, 5.41) is 2.54. The molecular formula is C22H13N3S. The third kappa shape index (κ3) is 1.77. The van der Waals surface area contributed by atoms with Gasteiger partial charge >= 0.3 is 0 Å². The van der Waals surface area contributed by atoms with Crippen molar-refractivity contribution in [3.8, 4) is 5.69 Å². The monoisotopic (exact) mass is 351 g/mol. The molecule has 0 aliphatic carbocycles. The van der Waals surface area contributed by atoms with Gasteiger partial charge < -0.3 is 4.57 Å². The van der Waals surface area contributed by atoms with Crippen LogP contribution < -0.4 is 0 Å². The highest BCUT2D eigenvalue weighted by molar-refractivity contribution is 7.26. The van der Waals surface area contributed by atoms with E-state index in [-0.39, 0.29) is 0 Å². The van der Waals surface area contributed by atoms with E-state index in [0.717, 1.165) is 16.7 Å². The van der Waals surface area contributed by atoms with Crippen molar-refractivity contribution in [1.29, 1.82) is 0 Å². The molecule has 3 nitrogen and oxygen atoms in total. The second-order valence-electron chi connectivity index (χ2n) is 6.33. The molecule has 2 aromatic carbocycles. The Morgan fingerprint density at radius 3 is 2.12 bits per heavy atom. The number of aromatic nitrogens is 3. The molecule has 0 unspecified atom stereocenters. The summed E-state index contributed by atoms with van der Waals surface area (Å²) in [6, 6.07) is 23.4. The fourth-order valence-corrected chi connectivity index (χ4v) is 4.95. The zero-order valence-corrected chi connectivity index (χ0v) is 14.6. The zero-order chi connectivity index (χ0) is 17.1. The standard InChI is InChI=1S/C22H13N3S/c1-3-8-16-14(6-1)15-7-2-4-9-17(15)25(16)18-11-13-24-21-20-19(26-22(18)21)10-5-12-23-20/h1-13H. The normalized spacial score (nSPS) is 11.8. The molecule has 0 aliphatic rings. The van der Waals surface area contributed by atoms with Crippen molar-refractivity contribution in [3.63, 3.8) is 0 Å². The van der Waals surface area contributed by atoms with E-state index in [1.165, 1.54) is 31.2 Å². The van der Waals surface area contributed by atoms with Crippen molar-refractivity contribution < 1.29 is 0 Å². The Labute approximate surface area is 153 Å². The Bertz CT molecular complexity index is 1390. The highest BCUT2D eigenvalue weighted by Gasteiger charge is 2.16. The molecule has 0 radical (unpaired) electrons. The van der Waals surface area contributed by atoms with Crippen LogP contribution in [-0.4, -0.2) is 14.5 Å². The minimum Gasteiger partial charge on any atom is -0.308 e. The van der Waals surface area contributed by atoms with Gasteiger partial charge in [-0.2, -0.15) is 0 Å². The Morgan fingerprint density at radius 2 is 1.35 bits per heavy atom. The van der Waals surface area contributed by atoms with Gasteiger partial charge in [0.15, 0.2) is 0 Å². The van der Waals surface area contributed by atoms with Crippen LogP contribution in [0, 0.1) is 0 Å². The van der Waals surface area contributed by atoms with Crippen molar-refractivity contribution >= 4 is 53.6 Å². The van der Waals surface area contributed by atoms with Gasteiger partial charge in [-0.1, -0.05) is 36.4 Å². The molecule has 0 spiro atoms. The molecule has 122 valence electrons. The zero-order valence-electron chi connectivity index (χ0n) is 13.8. The van der Waals surface area contributed by atoms with Crippen LogP contribution in [0.3, 0.4) is 0 Å². The summed E-state index contributed by atoms with van der Waals surface area (Å²) in [6.45, 7) is 0. The molecule has 0 N–H and O–H groups in total. The first-order valence-electron chi connectivity index (χ1n) is 8.52. The predicted octanol–water partition coefficient (Wildman–Crippen LogP) is 5.94. The Kier molecular flexibility index (Phi) is 2.76. The predicted molar refractivity (Wildman–Crippen MR) is 109 cm³/mol. The van der Waals surface area contributed by atoms with Crippen LogP contribution in [0.2, 0.25) is 0 Å². The van der Waals surface area contributed by atoms with Crippen LogP contribution in [0.15, 0.2) is 79.1 Å². The highest BCUT2D eigenvalue weighted by Crippen LogP contribution is 2.38. The third-order valence-electron chi connectivity index (χ3n) is 4.91. The number of para-hydroxylation sites is 2. The summed E-state index contributed by atoms with van der Waals surface area (Å²) in [6.07, 6.45) is 3.73. The first kappa shape index (κ1) is 14.0. The minimum absolute atomic E-state index is 0.977. The van der Waals surface area contributed by atoms with Crippen LogP contribution in [0.1, 0.15) is 0 Å². The smallest absolute Gasteiger partial charge is 0.109 e. The lowest BCUT2D eigenvalue weighted by Gasteiger charge is -2.08. The molecule has 4 heteroatoms. The van der Waals surface area contributed by atoms with E-state index in [1.54, 1.807) is 11.3 Å². The molecule has 0 saturated heterocycles. The average Bonchev–Trinajstić information content (AvgIpc) is 3.24. The van der Waals surface area contributed by atoms with Crippen LogP contribution in [0.25, 0.3) is 47.9 Å². The van der Waals surface area contributed by atoms with Crippen molar-refractivity contribution in [3.05, 3.63) is 79.1 Å². The van der Waals surface area contributed by atoms with Gasteiger partial charge in [0.25, 0.3) is 0 Å². The number of pyridine rings is 2. The molecule has 26 heavy (non-hydrogen) atoms. The van der Waals surface area contributed by atoms with E-state index in [9.17, 15) is 0 Å². The van der Waals surface area contributed by atoms with Gasteiger partial charge in [-0.15, -0.1) is 11.3 Å². The molecule has 0 amide bonds. The molecule has 6 aromatic rings. The number of rotatable bonds is 1. The Hall–Kier alpha value is -3.24. The molecule has 0 saturated carbocycles. The average molecular weight is 351 g/mol. The number of fused-ring (bicyclic) bond motifs is 6. The van der Waals surface area contributed by atoms with Gasteiger partial charge in [-0.05, 0) is 30.3 Å². The van der Waals surface area contributed by atoms with Gasteiger partial charge in [0.05, 0.1) is 26.1 Å². The number of hydrogen-bond acceptors (Lipinski definition) is 3. The van der Waals surface area contributed by atoms with Crippen LogP contribution >= 0.6 is 11.3 Å². The summed E-state index contributed by atoms with van der Waals surface area (Å²) in [4.78, 5) is 9.19. The molecule has 6 rings (SSSR count). The fraction of sp³-hybridized carbons (Fsp3) is 0. The summed E-state index contributed by atoms with van der Waals surface area (Å²) < 4.78 is 4.69. The van der Waals surface area contributed by atoms with E-state index >= 15 is 0 Å². The summed E-state index contributed by atoms with van der Waals surface area (Å²) in [5.74, 6) is 0. The number of nitrogens with zero attached hydrogens (tertiary/aromatic N) is 3. The first-order chi connectivity index (χ1) is 12.9. The second kappa shape index (κ2) is 5.13. The van der Waals surface area contributed by atoms with E-state index < -0.39 is 0 Å². The first-order valence-corrected chi connectivity index (χ1v) is 9.34. The van der Waals surface area contributed by atoms with E-state index in [0.29, 0.717) is 0 Å². The van der Waals surface area contributed by atoms with Crippen LogP contribution in [0.5, 0.6) is 0 Å². The lowest BCUT2D eigenvalue weighted by atomic mass is 10.2. The van der Waals surface area contributed by atoms with Crippen molar-refractivity contribution in [1.82, 2.24) is 14.5 Å². The minimum atomic E-state index is 0.977. The topological polar surface area (TPSA) is 30.7 Å². The maximum Gasteiger partial charge on any atom is 0.109 e. The lowest BCUT2D eigenvalue weighted by Crippen LogP contribution is -1.94. The summed E-state index contributed by atoms with van der Waals surface area (Å²) >= 11 is 1.76. The van der Waals surface area contributed by atoms with Gasteiger partial charge in [0, 0.05) is 23.2 Å². The van der Waals surface area contributed by atoms with Crippen molar-refractivity contribution in [2.75, 3.05) is 0 Å². The quantitative estimate of drug-likeness (QED) is 0.367. The molecule has 0 aliphatic heterocycles. The molecule has 0 bridgehead atoms. The van der Waals surface area contributed by atoms with Gasteiger partial charge in [-0.3, -0.25) is 9.97 Å². The van der Waals surface area contributed by atoms with Crippen LogP contribution in [-0.2, 0) is 0 Å². The van der Waals surface area contributed by atoms with Crippen molar-refractivity contribution in [2.24, 2.45) is 0 Å². The summed E-state index contributed by atoms with van der Waals surface area (Å²) in [7, 11) is 0. The van der Waals surface area contributed by atoms with Crippen molar-refractivity contribution in [2.45, 2.75) is 0 Å². The maximum atomic E-state index is 4.63. The molecule has 0 fully saturated rings. The van der Waals surface area contributed by atoms with E-state index in [1.807, 2.05) is 18.5 Å². The molecule has 4 aromatic heterocycles. The molecular weight excluding hydrogens is 338 g/mol. The van der Waals surface area contributed by atoms with E-state index in [2.05, 4.69) is 75.2 Å². The fourth-order valence-electron chi connectivity index (χ4n) is 3.83. The Balaban J connectivity index is 1.84. The van der Waals surface area contributed by atoms with Gasteiger partial charge in [0.1, 0.15) is 11.0 Å². The number of benzene rings is 2. The van der Waals surface area contributed by atoms with Gasteiger partial charge in [-0.25, -0.2) is 0 Å². The second-order valence-corrected chi connectivity index (χ2v) is 7.38. The molecule has 0 atom stereocenters. The largest absolute Gasteiger partial charge is 0.308 e. The highest BCUT2D eigenvalue weighted by atomic mass is 32.1. The Morgan fingerprint density at radius 1 is 0.654 bits per heavy atom. The summed E-state index contributed by atoms with van der Waals surface area (Å²) in [5.41, 5.74) is 5.55. The maximum absolute atomic E-state index is 4.63. The van der Waals surface area contributed by atoms with Crippen LogP contribution in [0.4, 0.5) is 0 Å². The molecule has 4 heterocycles. The number of thiophene rings is 1. The third-order valence-corrected chi connectivity index (χ3v) is 6.07. The van der Waals surface area contributed by atoms with E-state index in [4.69, 9.17) is 0 Å². The number of hydrogen-bond donors (Lipinski definition) is 0. The SMILES string of the molecule is c1cnc2c(c1)sc1c(-n3c4ccccc4c4ccccc43)ccnc12. The lowest BCUT2D eigenvalue weighted by molar-refractivity contribution is 1.19.